The number of hydrogen-bond donors (Lipinski definition) is 1. The second kappa shape index (κ2) is 5.52. The van der Waals surface area contributed by atoms with Crippen LogP contribution in [0.25, 0.3) is 0 Å². The van der Waals surface area contributed by atoms with Gasteiger partial charge >= 0.3 is 0 Å². The van der Waals surface area contributed by atoms with Crippen molar-refractivity contribution >= 4 is 5.91 Å². The van der Waals surface area contributed by atoms with E-state index in [1.165, 1.54) is 5.57 Å². The van der Waals surface area contributed by atoms with Gasteiger partial charge in [-0.2, -0.15) is 0 Å². The van der Waals surface area contributed by atoms with Crippen LogP contribution in [0.2, 0.25) is 0 Å². The molecule has 0 heterocycles. The molecule has 0 bridgehead atoms. The van der Waals surface area contributed by atoms with Gasteiger partial charge in [0, 0.05) is 12.5 Å². The van der Waals surface area contributed by atoms with Crippen molar-refractivity contribution in [3.8, 4) is 0 Å². The molecule has 2 aliphatic carbocycles. The lowest BCUT2D eigenvalue weighted by Gasteiger charge is -2.40. The third-order valence-corrected chi connectivity index (χ3v) is 4.59. The van der Waals surface area contributed by atoms with Crippen molar-refractivity contribution in [2.75, 3.05) is 6.54 Å². The molecule has 106 valence electrons. The van der Waals surface area contributed by atoms with Crippen LogP contribution in [-0.4, -0.2) is 12.5 Å². The highest BCUT2D eigenvalue weighted by atomic mass is 16.2. The van der Waals surface area contributed by atoms with Crippen molar-refractivity contribution in [3.63, 3.8) is 0 Å². The molecule has 1 amide bonds. The van der Waals surface area contributed by atoms with Gasteiger partial charge < -0.3 is 5.32 Å². The topological polar surface area (TPSA) is 29.1 Å². The number of rotatable bonds is 4. The second-order valence-electron chi connectivity index (χ2n) is 6.93. The highest BCUT2D eigenvalue weighted by Crippen LogP contribution is 2.44. The molecule has 2 aliphatic rings. The van der Waals surface area contributed by atoms with Gasteiger partial charge in [0.2, 0.25) is 5.91 Å². The summed E-state index contributed by atoms with van der Waals surface area (Å²) in [6, 6.07) is 0. The van der Waals surface area contributed by atoms with Crippen LogP contribution in [0.3, 0.4) is 0 Å². The number of nitrogens with one attached hydrogen (secondary N) is 1. The molecule has 1 N–H and O–H groups in total. The molecule has 2 heteroatoms. The van der Waals surface area contributed by atoms with E-state index in [9.17, 15) is 4.79 Å². The lowest BCUT2D eigenvalue weighted by atomic mass is 9.64. The van der Waals surface area contributed by atoms with Crippen molar-refractivity contribution < 1.29 is 4.79 Å². The van der Waals surface area contributed by atoms with Crippen LogP contribution < -0.4 is 5.32 Å². The molecule has 19 heavy (non-hydrogen) atoms. The van der Waals surface area contributed by atoms with Crippen LogP contribution in [0.15, 0.2) is 23.8 Å². The van der Waals surface area contributed by atoms with E-state index in [-0.39, 0.29) is 5.91 Å². The first-order valence-electron chi connectivity index (χ1n) is 7.53. The first kappa shape index (κ1) is 14.4. The smallest absolute Gasteiger partial charge is 0.223 e. The summed E-state index contributed by atoms with van der Waals surface area (Å²) in [4.78, 5) is 11.6. The fourth-order valence-electron chi connectivity index (χ4n) is 3.50. The first-order valence-corrected chi connectivity index (χ1v) is 7.53. The zero-order valence-electron chi connectivity index (χ0n) is 12.7. The molecule has 1 fully saturated rings. The minimum Gasteiger partial charge on any atom is -0.352 e. The summed E-state index contributed by atoms with van der Waals surface area (Å²) in [5.74, 6) is 1.70. The molecule has 0 aromatic carbocycles. The minimum absolute atomic E-state index is 0.236. The third-order valence-electron chi connectivity index (χ3n) is 4.59. The number of amides is 1. The molecular weight excluding hydrogens is 234 g/mol. The van der Waals surface area contributed by atoms with Crippen LogP contribution >= 0.6 is 0 Å². The lowest BCUT2D eigenvalue weighted by Crippen LogP contribution is -2.32. The zero-order chi connectivity index (χ0) is 14.0. The Morgan fingerprint density at radius 3 is 2.68 bits per heavy atom. The Bertz CT molecular complexity index is 401. The SMILES string of the molecule is CC(=CCNC(=O)C1CC1)C1C(C)C=CCC1(C)C. The summed E-state index contributed by atoms with van der Waals surface area (Å²) in [6.45, 7) is 9.88. The van der Waals surface area contributed by atoms with Crippen molar-refractivity contribution in [1.82, 2.24) is 5.32 Å². The minimum atomic E-state index is 0.236. The molecule has 0 aromatic heterocycles. The van der Waals surface area contributed by atoms with Gasteiger partial charge in [-0.05, 0) is 43.4 Å². The molecule has 0 aliphatic heterocycles. The number of hydrogen-bond acceptors (Lipinski definition) is 1. The predicted molar refractivity (Wildman–Crippen MR) is 79.7 cm³/mol. The van der Waals surface area contributed by atoms with Crippen molar-refractivity contribution in [2.24, 2.45) is 23.2 Å². The Morgan fingerprint density at radius 1 is 1.42 bits per heavy atom. The third kappa shape index (κ3) is 3.49. The number of allylic oxidation sites excluding steroid dienone is 3. The Hall–Kier alpha value is -1.05. The second-order valence-corrected chi connectivity index (χ2v) is 6.93. The van der Waals surface area contributed by atoms with E-state index >= 15 is 0 Å². The van der Waals surface area contributed by atoms with Crippen molar-refractivity contribution in [2.45, 2.75) is 47.0 Å². The molecule has 0 saturated heterocycles. The van der Waals surface area contributed by atoms with Gasteiger partial charge in [0.05, 0.1) is 0 Å². The molecule has 2 nitrogen and oxygen atoms in total. The standard InChI is InChI=1S/C17H27NO/c1-12-6-5-10-17(3,4)15(12)13(2)9-11-18-16(19)14-7-8-14/h5-6,9,12,14-15H,7-8,10-11H2,1-4H3,(H,18,19). The molecule has 2 unspecified atom stereocenters. The maximum Gasteiger partial charge on any atom is 0.223 e. The maximum absolute atomic E-state index is 11.6. The molecule has 1 saturated carbocycles. The van der Waals surface area contributed by atoms with Gasteiger partial charge in [-0.15, -0.1) is 0 Å². The van der Waals surface area contributed by atoms with Gasteiger partial charge in [-0.3, -0.25) is 4.79 Å². The average molecular weight is 261 g/mol. The highest BCUT2D eigenvalue weighted by molar-refractivity contribution is 5.80. The van der Waals surface area contributed by atoms with Crippen LogP contribution in [-0.2, 0) is 4.79 Å². The van der Waals surface area contributed by atoms with E-state index in [1.807, 2.05) is 0 Å². The summed E-state index contributed by atoms with van der Waals surface area (Å²) >= 11 is 0. The lowest BCUT2D eigenvalue weighted by molar-refractivity contribution is -0.122. The molecule has 0 aromatic rings. The van der Waals surface area contributed by atoms with Gasteiger partial charge in [-0.1, -0.05) is 44.6 Å². The summed E-state index contributed by atoms with van der Waals surface area (Å²) < 4.78 is 0. The normalized spacial score (nSPS) is 30.2. The monoisotopic (exact) mass is 261 g/mol. The van der Waals surface area contributed by atoms with Gasteiger partial charge in [0.25, 0.3) is 0 Å². The van der Waals surface area contributed by atoms with E-state index in [1.54, 1.807) is 0 Å². The van der Waals surface area contributed by atoms with E-state index in [4.69, 9.17) is 0 Å². The van der Waals surface area contributed by atoms with Gasteiger partial charge in [0.15, 0.2) is 0 Å². The Labute approximate surface area is 117 Å². The first-order chi connectivity index (χ1) is 8.92. The maximum atomic E-state index is 11.6. The fraction of sp³-hybridized carbons (Fsp3) is 0.706. The summed E-state index contributed by atoms with van der Waals surface area (Å²) in [5.41, 5.74) is 1.73. The Morgan fingerprint density at radius 2 is 2.11 bits per heavy atom. The fourth-order valence-corrected chi connectivity index (χ4v) is 3.50. The quantitative estimate of drug-likeness (QED) is 0.768. The molecule has 2 rings (SSSR count). The average Bonchev–Trinajstić information content (AvgIpc) is 3.10. The largest absolute Gasteiger partial charge is 0.352 e. The molecule has 2 atom stereocenters. The molecule has 0 spiro atoms. The van der Waals surface area contributed by atoms with Gasteiger partial charge in [-0.25, -0.2) is 0 Å². The van der Waals surface area contributed by atoms with Crippen LogP contribution in [0, 0.1) is 23.2 Å². The highest BCUT2D eigenvalue weighted by Gasteiger charge is 2.35. The number of carbonyl (C=O) groups is 1. The van der Waals surface area contributed by atoms with E-state index in [2.05, 4.69) is 51.2 Å². The van der Waals surface area contributed by atoms with E-state index in [0.29, 0.717) is 29.7 Å². The van der Waals surface area contributed by atoms with Gasteiger partial charge in [0.1, 0.15) is 0 Å². The predicted octanol–water partition coefficient (Wildman–Crippen LogP) is 3.70. The summed E-state index contributed by atoms with van der Waals surface area (Å²) in [6.07, 6.45) is 10.1. The summed E-state index contributed by atoms with van der Waals surface area (Å²) in [7, 11) is 0. The van der Waals surface area contributed by atoms with Crippen LogP contribution in [0.4, 0.5) is 0 Å². The Balaban J connectivity index is 1.94. The van der Waals surface area contributed by atoms with Crippen molar-refractivity contribution in [1.29, 1.82) is 0 Å². The van der Waals surface area contributed by atoms with E-state index in [0.717, 1.165) is 19.3 Å². The Kier molecular flexibility index (Phi) is 4.17. The summed E-state index contributed by atoms with van der Waals surface area (Å²) in [5, 5.41) is 3.02. The zero-order valence-corrected chi connectivity index (χ0v) is 12.7. The van der Waals surface area contributed by atoms with Crippen LogP contribution in [0.1, 0.15) is 47.0 Å². The number of carbonyl (C=O) groups excluding carboxylic acids is 1. The molecular formula is C17H27NO. The van der Waals surface area contributed by atoms with Crippen LogP contribution in [0.5, 0.6) is 0 Å². The molecule has 0 radical (unpaired) electrons. The van der Waals surface area contributed by atoms with E-state index < -0.39 is 0 Å². The van der Waals surface area contributed by atoms with Crippen molar-refractivity contribution in [3.05, 3.63) is 23.8 Å².